The molecular formula is C17H18ClFN4O5S. The van der Waals surface area contributed by atoms with Gasteiger partial charge in [-0.3, -0.25) is 14.6 Å². The van der Waals surface area contributed by atoms with Gasteiger partial charge in [-0.05, 0) is 38.0 Å². The third-order valence-electron chi connectivity index (χ3n) is 4.61. The number of carbonyl (C=O) groups excluding carboxylic acids is 1. The van der Waals surface area contributed by atoms with Gasteiger partial charge in [0.25, 0.3) is 5.56 Å². The Morgan fingerprint density at radius 1 is 1.31 bits per heavy atom. The fourth-order valence-corrected chi connectivity index (χ4v) is 5.13. The molecule has 29 heavy (non-hydrogen) atoms. The molecule has 3 rings (SSSR count). The zero-order valence-corrected chi connectivity index (χ0v) is 16.9. The lowest BCUT2D eigenvalue weighted by Crippen LogP contribution is -2.45. The van der Waals surface area contributed by atoms with Crippen LogP contribution in [0.25, 0.3) is 0 Å². The van der Waals surface area contributed by atoms with Gasteiger partial charge in [-0.2, -0.15) is 4.31 Å². The maximum atomic E-state index is 13.3. The van der Waals surface area contributed by atoms with Crippen LogP contribution in [0.2, 0.25) is 5.02 Å². The summed E-state index contributed by atoms with van der Waals surface area (Å²) < 4.78 is 40.2. The Labute approximate surface area is 170 Å². The van der Waals surface area contributed by atoms with E-state index in [9.17, 15) is 27.2 Å². The highest BCUT2D eigenvalue weighted by Gasteiger charge is 2.36. The summed E-state index contributed by atoms with van der Waals surface area (Å²) in [5, 5.41) is 2.45. The molecule has 1 saturated heterocycles. The molecule has 2 heterocycles. The minimum atomic E-state index is -4.22. The number of benzene rings is 1. The number of carbonyl (C=O) groups is 1. The summed E-state index contributed by atoms with van der Waals surface area (Å²) in [5.74, 6) is -1.75. The molecule has 9 nitrogen and oxygen atoms in total. The van der Waals surface area contributed by atoms with Gasteiger partial charge >= 0.3 is 5.69 Å². The average Bonchev–Trinajstić information content (AvgIpc) is 2.63. The maximum absolute atomic E-state index is 13.3. The summed E-state index contributed by atoms with van der Waals surface area (Å²) in [6.07, 6.45) is 0.843. The van der Waals surface area contributed by atoms with E-state index in [1.54, 1.807) is 0 Å². The summed E-state index contributed by atoms with van der Waals surface area (Å²) in [5.41, 5.74) is -1.61. The van der Waals surface area contributed by atoms with Gasteiger partial charge in [-0.1, -0.05) is 11.6 Å². The van der Waals surface area contributed by atoms with Crippen molar-refractivity contribution in [1.29, 1.82) is 0 Å². The molecule has 1 unspecified atom stereocenters. The number of sulfonamides is 1. The Balaban J connectivity index is 1.81. The van der Waals surface area contributed by atoms with Gasteiger partial charge in [0.1, 0.15) is 5.82 Å². The fraction of sp³-hybridized carbons (Fsp3) is 0.353. The standard InChI is InChI=1S/C17H18ClFN4O5S/c1-9-14(16(25)22-17(26)20-9)29(27,28)23-6-2-3-10(8-23)15(24)21-11-4-5-13(19)12(18)7-11/h4-5,7,10H,2-3,6,8H2,1H3,(H,21,24)(H2,20,22,25,26). The predicted octanol–water partition coefficient (Wildman–Crippen LogP) is 1.20. The number of anilines is 1. The van der Waals surface area contributed by atoms with Crippen molar-refractivity contribution in [1.82, 2.24) is 14.3 Å². The molecular weight excluding hydrogens is 427 g/mol. The van der Waals surface area contributed by atoms with E-state index in [-0.39, 0.29) is 29.5 Å². The molecule has 0 aliphatic carbocycles. The molecule has 0 saturated carbocycles. The van der Waals surface area contributed by atoms with Crippen molar-refractivity contribution >= 4 is 33.2 Å². The van der Waals surface area contributed by atoms with E-state index in [4.69, 9.17) is 11.6 Å². The summed E-state index contributed by atoms with van der Waals surface area (Å²) in [6.45, 7) is 1.31. The molecule has 0 spiro atoms. The third kappa shape index (κ3) is 4.41. The first-order valence-corrected chi connectivity index (χ1v) is 10.5. The SMILES string of the molecule is Cc1[nH]c(=O)[nH]c(=O)c1S(=O)(=O)N1CCCC(C(=O)Nc2ccc(F)c(Cl)c2)C1. The van der Waals surface area contributed by atoms with Crippen LogP contribution >= 0.6 is 11.6 Å². The van der Waals surface area contributed by atoms with Gasteiger partial charge < -0.3 is 10.3 Å². The Morgan fingerprint density at radius 2 is 2.03 bits per heavy atom. The van der Waals surface area contributed by atoms with Crippen LogP contribution in [0.4, 0.5) is 10.1 Å². The molecule has 156 valence electrons. The second-order valence-corrected chi connectivity index (χ2v) is 8.96. The van der Waals surface area contributed by atoms with Gasteiger partial charge in [0.2, 0.25) is 15.9 Å². The first kappa shape index (κ1) is 21.2. The van der Waals surface area contributed by atoms with Crippen molar-refractivity contribution in [2.24, 2.45) is 5.92 Å². The Morgan fingerprint density at radius 3 is 2.69 bits per heavy atom. The number of amides is 1. The van der Waals surface area contributed by atoms with Crippen molar-refractivity contribution in [3.63, 3.8) is 0 Å². The molecule has 1 aromatic heterocycles. The molecule has 3 N–H and O–H groups in total. The summed E-state index contributed by atoms with van der Waals surface area (Å²) in [4.78, 5) is 39.6. The number of aromatic nitrogens is 2. The van der Waals surface area contributed by atoms with Gasteiger partial charge in [-0.15, -0.1) is 0 Å². The number of halogens is 2. The average molecular weight is 445 g/mol. The van der Waals surface area contributed by atoms with Gasteiger partial charge in [0, 0.05) is 24.5 Å². The number of nitrogens with one attached hydrogen (secondary N) is 3. The van der Waals surface area contributed by atoms with Crippen LogP contribution in [0.5, 0.6) is 0 Å². The molecule has 1 aromatic carbocycles. The smallest absolute Gasteiger partial charge is 0.325 e. The lowest BCUT2D eigenvalue weighted by Gasteiger charge is -2.31. The number of rotatable bonds is 4. The quantitative estimate of drug-likeness (QED) is 0.652. The van der Waals surface area contributed by atoms with E-state index in [1.165, 1.54) is 19.1 Å². The predicted molar refractivity (Wildman–Crippen MR) is 104 cm³/mol. The normalized spacial score (nSPS) is 17.8. The second-order valence-electron chi connectivity index (χ2n) is 6.68. The fourth-order valence-electron chi connectivity index (χ4n) is 3.22. The van der Waals surface area contributed by atoms with E-state index >= 15 is 0 Å². The van der Waals surface area contributed by atoms with E-state index in [0.717, 1.165) is 10.4 Å². The topological polar surface area (TPSA) is 132 Å². The van der Waals surface area contributed by atoms with Crippen LogP contribution in [-0.2, 0) is 14.8 Å². The molecule has 12 heteroatoms. The molecule has 0 radical (unpaired) electrons. The van der Waals surface area contributed by atoms with E-state index in [2.05, 4.69) is 10.3 Å². The van der Waals surface area contributed by atoms with Gasteiger partial charge in [-0.25, -0.2) is 17.6 Å². The van der Waals surface area contributed by atoms with Crippen LogP contribution in [-0.4, -0.2) is 41.7 Å². The third-order valence-corrected chi connectivity index (χ3v) is 6.92. The van der Waals surface area contributed by atoms with E-state index < -0.39 is 43.8 Å². The molecule has 1 fully saturated rings. The van der Waals surface area contributed by atoms with Crippen molar-refractivity contribution in [3.8, 4) is 0 Å². The van der Waals surface area contributed by atoms with Crippen LogP contribution < -0.4 is 16.6 Å². The Hall–Kier alpha value is -2.50. The van der Waals surface area contributed by atoms with Crippen molar-refractivity contribution in [2.45, 2.75) is 24.7 Å². The number of nitrogens with zero attached hydrogens (tertiary/aromatic N) is 1. The minimum absolute atomic E-state index is 0.0775. The van der Waals surface area contributed by atoms with Crippen LogP contribution in [0, 0.1) is 18.7 Å². The summed E-state index contributed by atoms with van der Waals surface area (Å²) in [6, 6.07) is 3.72. The zero-order chi connectivity index (χ0) is 21.3. The maximum Gasteiger partial charge on any atom is 0.325 e. The number of hydrogen-bond donors (Lipinski definition) is 3. The molecule has 1 aliphatic heterocycles. The molecule has 1 aliphatic rings. The highest BCUT2D eigenvalue weighted by atomic mass is 35.5. The van der Waals surface area contributed by atoms with Crippen LogP contribution in [0.3, 0.4) is 0 Å². The summed E-state index contributed by atoms with van der Waals surface area (Å²) in [7, 11) is -4.22. The largest absolute Gasteiger partial charge is 0.326 e. The minimum Gasteiger partial charge on any atom is -0.326 e. The first-order valence-electron chi connectivity index (χ1n) is 8.69. The zero-order valence-electron chi connectivity index (χ0n) is 15.3. The lowest BCUT2D eigenvalue weighted by atomic mass is 9.99. The Kier molecular flexibility index (Phi) is 5.92. The van der Waals surface area contributed by atoms with Crippen molar-refractivity contribution in [3.05, 3.63) is 55.6 Å². The number of hydrogen-bond acceptors (Lipinski definition) is 5. The van der Waals surface area contributed by atoms with Gasteiger partial charge in [0.15, 0.2) is 4.90 Å². The number of piperidine rings is 1. The molecule has 0 bridgehead atoms. The van der Waals surface area contributed by atoms with E-state index in [0.29, 0.717) is 12.8 Å². The highest BCUT2D eigenvalue weighted by Crippen LogP contribution is 2.25. The van der Waals surface area contributed by atoms with Gasteiger partial charge in [0.05, 0.1) is 10.9 Å². The number of aromatic amines is 2. The van der Waals surface area contributed by atoms with Crippen LogP contribution in [0.15, 0.2) is 32.7 Å². The molecule has 1 amide bonds. The Bertz CT molecular complexity index is 1180. The van der Waals surface area contributed by atoms with E-state index in [1.807, 2.05) is 4.98 Å². The first-order chi connectivity index (χ1) is 13.6. The lowest BCUT2D eigenvalue weighted by molar-refractivity contribution is -0.120. The second kappa shape index (κ2) is 8.09. The van der Waals surface area contributed by atoms with Crippen molar-refractivity contribution in [2.75, 3.05) is 18.4 Å². The van der Waals surface area contributed by atoms with Crippen molar-refractivity contribution < 1.29 is 17.6 Å². The molecule has 1 atom stereocenters. The number of aryl methyl sites for hydroxylation is 1. The summed E-state index contributed by atoms with van der Waals surface area (Å²) >= 11 is 5.70. The van der Waals surface area contributed by atoms with Crippen LogP contribution in [0.1, 0.15) is 18.5 Å². The molecule has 2 aromatic rings. The monoisotopic (exact) mass is 444 g/mol. The highest BCUT2D eigenvalue weighted by molar-refractivity contribution is 7.89. The number of H-pyrrole nitrogens is 2.